The van der Waals surface area contributed by atoms with Crippen molar-refractivity contribution in [2.24, 2.45) is 5.84 Å². The maximum atomic E-state index is 5.43. The Bertz CT molecular complexity index is 548. The van der Waals surface area contributed by atoms with Gasteiger partial charge in [-0.25, -0.2) is 15.8 Å². The quantitative estimate of drug-likeness (QED) is 0.570. The van der Waals surface area contributed by atoms with E-state index >= 15 is 0 Å². The van der Waals surface area contributed by atoms with Crippen molar-refractivity contribution in [2.45, 2.75) is 20.8 Å². The topological polar surface area (TPSA) is 75.9 Å². The van der Waals surface area contributed by atoms with Crippen LogP contribution in [0.15, 0.2) is 24.3 Å². The number of hydrazine groups is 1. The van der Waals surface area contributed by atoms with E-state index in [0.717, 1.165) is 17.1 Å². The van der Waals surface area contributed by atoms with Crippen molar-refractivity contribution >= 4 is 17.3 Å². The van der Waals surface area contributed by atoms with Gasteiger partial charge >= 0.3 is 0 Å². The van der Waals surface area contributed by atoms with Crippen LogP contribution in [0.1, 0.15) is 17.0 Å². The minimum absolute atomic E-state index is 0.636. The summed E-state index contributed by atoms with van der Waals surface area (Å²) in [6, 6.07) is 8.13. The number of nitrogen functional groups attached to an aromatic ring is 1. The van der Waals surface area contributed by atoms with E-state index in [2.05, 4.69) is 27.6 Å². The smallest absolute Gasteiger partial charge is 0.148 e. The minimum atomic E-state index is 0.636. The maximum absolute atomic E-state index is 5.43. The second-order valence-corrected chi connectivity index (χ2v) is 4.23. The molecule has 5 nitrogen and oxygen atoms in total. The Morgan fingerprint density at radius 1 is 0.944 bits per heavy atom. The molecule has 0 saturated carbocycles. The average molecular weight is 243 g/mol. The number of nitrogens with zero attached hydrogens (tertiary/aromatic N) is 2. The predicted molar refractivity (Wildman–Crippen MR) is 73.8 cm³/mol. The van der Waals surface area contributed by atoms with Crippen molar-refractivity contribution in [3.05, 3.63) is 41.2 Å². The van der Waals surface area contributed by atoms with Crippen LogP contribution >= 0.6 is 0 Å². The summed E-state index contributed by atoms with van der Waals surface area (Å²) in [5, 5.41) is 3.27. The summed E-state index contributed by atoms with van der Waals surface area (Å²) >= 11 is 0. The van der Waals surface area contributed by atoms with Gasteiger partial charge in [-0.2, -0.15) is 0 Å². The molecule has 0 amide bonds. The molecule has 2 rings (SSSR count). The third-order valence-electron chi connectivity index (χ3n) is 2.71. The molecule has 0 saturated heterocycles. The van der Waals surface area contributed by atoms with Gasteiger partial charge in [0.1, 0.15) is 17.5 Å². The van der Waals surface area contributed by atoms with Crippen LogP contribution in [-0.2, 0) is 0 Å². The van der Waals surface area contributed by atoms with Gasteiger partial charge in [0.05, 0.1) is 0 Å². The molecule has 2 aromatic rings. The molecule has 0 aliphatic carbocycles. The second-order valence-electron chi connectivity index (χ2n) is 4.23. The van der Waals surface area contributed by atoms with Crippen LogP contribution in [0.25, 0.3) is 0 Å². The van der Waals surface area contributed by atoms with E-state index in [1.54, 1.807) is 0 Å². The Kier molecular flexibility index (Phi) is 3.43. The van der Waals surface area contributed by atoms with E-state index in [-0.39, 0.29) is 0 Å². The number of aromatic nitrogens is 2. The first kappa shape index (κ1) is 12.3. The molecule has 0 atom stereocenters. The SMILES string of the molecule is Cc1ccc(Nc2nc(C)nc(NN)c2C)cc1. The Morgan fingerprint density at radius 3 is 2.17 bits per heavy atom. The van der Waals surface area contributed by atoms with Crippen LogP contribution < -0.4 is 16.6 Å². The van der Waals surface area contributed by atoms with E-state index in [1.807, 2.05) is 38.1 Å². The zero-order chi connectivity index (χ0) is 13.1. The van der Waals surface area contributed by atoms with Gasteiger partial charge in [0.2, 0.25) is 0 Å². The summed E-state index contributed by atoms with van der Waals surface area (Å²) in [6.45, 7) is 5.81. The second kappa shape index (κ2) is 5.01. The normalized spacial score (nSPS) is 10.2. The molecule has 0 aliphatic heterocycles. The van der Waals surface area contributed by atoms with E-state index in [1.165, 1.54) is 5.56 Å². The molecule has 0 fully saturated rings. The molecule has 5 heteroatoms. The molecule has 18 heavy (non-hydrogen) atoms. The van der Waals surface area contributed by atoms with Crippen molar-refractivity contribution in [3.8, 4) is 0 Å². The predicted octanol–water partition coefficient (Wildman–Crippen LogP) is 2.43. The number of hydrogen-bond acceptors (Lipinski definition) is 5. The number of rotatable bonds is 3. The molecule has 4 N–H and O–H groups in total. The summed E-state index contributed by atoms with van der Waals surface area (Å²) in [7, 11) is 0. The van der Waals surface area contributed by atoms with E-state index in [0.29, 0.717) is 11.6 Å². The monoisotopic (exact) mass is 243 g/mol. The lowest BCUT2D eigenvalue weighted by Crippen LogP contribution is -2.13. The zero-order valence-electron chi connectivity index (χ0n) is 10.8. The van der Waals surface area contributed by atoms with Crippen molar-refractivity contribution in [2.75, 3.05) is 10.7 Å². The summed E-state index contributed by atoms with van der Waals surface area (Å²) in [4.78, 5) is 8.60. The van der Waals surface area contributed by atoms with Gasteiger partial charge < -0.3 is 10.7 Å². The maximum Gasteiger partial charge on any atom is 0.148 e. The van der Waals surface area contributed by atoms with Gasteiger partial charge in [0, 0.05) is 11.3 Å². The molecule has 0 aliphatic rings. The van der Waals surface area contributed by atoms with E-state index in [4.69, 9.17) is 5.84 Å². The highest BCUT2D eigenvalue weighted by Crippen LogP contribution is 2.22. The van der Waals surface area contributed by atoms with Gasteiger partial charge in [-0.1, -0.05) is 17.7 Å². The summed E-state index contributed by atoms with van der Waals surface area (Å²) in [5.41, 5.74) is 5.69. The van der Waals surface area contributed by atoms with Crippen LogP contribution in [0, 0.1) is 20.8 Å². The van der Waals surface area contributed by atoms with Crippen molar-refractivity contribution < 1.29 is 0 Å². The number of aryl methyl sites for hydroxylation is 2. The lowest BCUT2D eigenvalue weighted by Gasteiger charge is -2.12. The lowest BCUT2D eigenvalue weighted by molar-refractivity contribution is 1.03. The van der Waals surface area contributed by atoms with Gasteiger partial charge in [-0.05, 0) is 32.9 Å². The number of nitrogens with one attached hydrogen (secondary N) is 2. The standard InChI is InChI=1S/C13H17N5/c1-8-4-6-11(7-5-8)17-12-9(2)13(18-14)16-10(3)15-12/h4-7H,14H2,1-3H3,(H2,15,16,17,18). The van der Waals surface area contributed by atoms with Crippen LogP contribution in [0.3, 0.4) is 0 Å². The van der Waals surface area contributed by atoms with E-state index < -0.39 is 0 Å². The van der Waals surface area contributed by atoms with Crippen LogP contribution in [0.5, 0.6) is 0 Å². The summed E-state index contributed by atoms with van der Waals surface area (Å²) < 4.78 is 0. The first-order chi connectivity index (χ1) is 8.60. The number of hydrogen-bond donors (Lipinski definition) is 3. The van der Waals surface area contributed by atoms with Gasteiger partial charge in [0.25, 0.3) is 0 Å². The minimum Gasteiger partial charge on any atom is -0.340 e. The van der Waals surface area contributed by atoms with Crippen LogP contribution in [0.4, 0.5) is 17.3 Å². The average Bonchev–Trinajstić information content (AvgIpc) is 2.36. The first-order valence-corrected chi connectivity index (χ1v) is 5.75. The lowest BCUT2D eigenvalue weighted by atomic mass is 10.2. The largest absolute Gasteiger partial charge is 0.340 e. The van der Waals surface area contributed by atoms with Gasteiger partial charge in [0.15, 0.2) is 0 Å². The fourth-order valence-corrected chi connectivity index (χ4v) is 1.66. The molecular weight excluding hydrogens is 226 g/mol. The Balaban J connectivity index is 2.34. The van der Waals surface area contributed by atoms with Crippen LogP contribution in [-0.4, -0.2) is 9.97 Å². The fraction of sp³-hybridized carbons (Fsp3) is 0.231. The highest BCUT2D eigenvalue weighted by atomic mass is 15.3. The molecule has 0 spiro atoms. The number of nitrogens with two attached hydrogens (primary N) is 1. The van der Waals surface area contributed by atoms with E-state index in [9.17, 15) is 0 Å². The Morgan fingerprint density at radius 2 is 1.56 bits per heavy atom. The number of benzene rings is 1. The molecule has 0 unspecified atom stereocenters. The van der Waals surface area contributed by atoms with Gasteiger partial charge in [-0.15, -0.1) is 0 Å². The van der Waals surface area contributed by atoms with Crippen molar-refractivity contribution in [1.82, 2.24) is 9.97 Å². The highest BCUT2D eigenvalue weighted by Gasteiger charge is 2.08. The molecule has 1 aromatic carbocycles. The molecular formula is C13H17N5. The molecule has 1 aromatic heterocycles. The first-order valence-electron chi connectivity index (χ1n) is 5.75. The zero-order valence-corrected chi connectivity index (χ0v) is 10.8. The molecule has 0 bridgehead atoms. The Hall–Kier alpha value is -2.14. The van der Waals surface area contributed by atoms with Crippen molar-refractivity contribution in [1.29, 1.82) is 0 Å². The van der Waals surface area contributed by atoms with Gasteiger partial charge in [-0.3, -0.25) is 0 Å². The summed E-state index contributed by atoms with van der Waals surface area (Å²) in [5.74, 6) is 7.50. The fourth-order valence-electron chi connectivity index (χ4n) is 1.66. The Labute approximate surface area is 106 Å². The molecule has 0 radical (unpaired) electrons. The number of anilines is 3. The highest BCUT2D eigenvalue weighted by molar-refractivity contribution is 5.64. The molecule has 94 valence electrons. The van der Waals surface area contributed by atoms with Crippen molar-refractivity contribution in [3.63, 3.8) is 0 Å². The van der Waals surface area contributed by atoms with Crippen LogP contribution in [0.2, 0.25) is 0 Å². The third kappa shape index (κ3) is 2.57. The molecule has 1 heterocycles. The third-order valence-corrected chi connectivity index (χ3v) is 2.71. The summed E-state index contributed by atoms with van der Waals surface area (Å²) in [6.07, 6.45) is 0.